The zero-order chi connectivity index (χ0) is 12.1. The van der Waals surface area contributed by atoms with Crippen LogP contribution in [0.2, 0.25) is 0 Å². The molecule has 1 heterocycles. The van der Waals surface area contributed by atoms with Gasteiger partial charge in [0.25, 0.3) is 0 Å². The van der Waals surface area contributed by atoms with Crippen molar-refractivity contribution in [3.05, 3.63) is 0 Å². The summed E-state index contributed by atoms with van der Waals surface area (Å²) in [7, 11) is 0. The fraction of sp³-hybridized carbons (Fsp3) is 0.938. The fourth-order valence-electron chi connectivity index (χ4n) is 5.88. The minimum Gasteiger partial charge on any atom is -0.299 e. The number of likely N-dealkylation sites (tertiary alicyclic amines) is 1. The third kappa shape index (κ3) is 1.71. The molecule has 0 aromatic carbocycles. The quantitative estimate of drug-likeness (QED) is 0.709. The van der Waals surface area contributed by atoms with Crippen LogP contribution in [0.1, 0.15) is 44.9 Å². The molecule has 1 saturated heterocycles. The molecule has 5 aliphatic rings. The molecule has 2 heteroatoms. The first-order chi connectivity index (χ1) is 8.83. The highest BCUT2D eigenvalue weighted by Gasteiger charge is 2.50. The molecule has 0 radical (unpaired) electrons. The summed E-state index contributed by atoms with van der Waals surface area (Å²) in [5.41, 5.74) is 0. The van der Waals surface area contributed by atoms with Gasteiger partial charge in [-0.15, -0.1) is 0 Å². The molecule has 1 atom stereocenters. The van der Waals surface area contributed by atoms with Gasteiger partial charge < -0.3 is 0 Å². The van der Waals surface area contributed by atoms with E-state index in [0.717, 1.165) is 42.7 Å². The third-order valence-corrected chi connectivity index (χ3v) is 6.23. The van der Waals surface area contributed by atoms with Crippen molar-refractivity contribution in [2.75, 3.05) is 13.1 Å². The molecular formula is C16H24N2. The number of piperidine rings is 1. The third-order valence-electron chi connectivity index (χ3n) is 6.23. The summed E-state index contributed by atoms with van der Waals surface area (Å²) in [5, 5.41) is 9.18. The van der Waals surface area contributed by atoms with Crippen molar-refractivity contribution in [3.8, 4) is 6.07 Å². The van der Waals surface area contributed by atoms with Crippen molar-refractivity contribution in [1.29, 1.82) is 5.26 Å². The van der Waals surface area contributed by atoms with Crippen LogP contribution in [0.5, 0.6) is 0 Å². The average molecular weight is 244 g/mol. The van der Waals surface area contributed by atoms with E-state index in [4.69, 9.17) is 0 Å². The minimum atomic E-state index is 0.316. The normalized spacial score (nSPS) is 51.3. The van der Waals surface area contributed by atoms with Gasteiger partial charge in [0, 0.05) is 12.6 Å². The van der Waals surface area contributed by atoms with Gasteiger partial charge in [0.05, 0.1) is 12.0 Å². The van der Waals surface area contributed by atoms with Gasteiger partial charge in [0.2, 0.25) is 0 Å². The lowest BCUT2D eigenvalue weighted by Crippen LogP contribution is -2.57. The standard InChI is InChI=1S/C16H24N2/c17-9-11-2-1-3-18(10-11)16-14-5-12-4-13(7-14)8-15(16)6-12/h11-16H,1-8,10H2. The number of nitrogens with zero attached hydrogens (tertiary/aromatic N) is 2. The van der Waals surface area contributed by atoms with Crippen molar-refractivity contribution in [1.82, 2.24) is 4.90 Å². The smallest absolute Gasteiger partial charge is 0.0669 e. The molecule has 5 fully saturated rings. The molecule has 1 unspecified atom stereocenters. The van der Waals surface area contributed by atoms with Gasteiger partial charge in [-0.2, -0.15) is 5.26 Å². The summed E-state index contributed by atoms with van der Waals surface area (Å²) >= 11 is 0. The van der Waals surface area contributed by atoms with E-state index in [1.54, 1.807) is 6.42 Å². The molecule has 4 bridgehead atoms. The Bertz CT molecular complexity index is 342. The van der Waals surface area contributed by atoms with E-state index in [9.17, 15) is 5.26 Å². The molecule has 0 aromatic rings. The van der Waals surface area contributed by atoms with E-state index < -0.39 is 0 Å². The van der Waals surface area contributed by atoms with Crippen LogP contribution >= 0.6 is 0 Å². The highest BCUT2D eigenvalue weighted by atomic mass is 15.2. The molecule has 1 aliphatic heterocycles. The van der Waals surface area contributed by atoms with E-state index in [2.05, 4.69) is 11.0 Å². The van der Waals surface area contributed by atoms with Crippen molar-refractivity contribution in [3.63, 3.8) is 0 Å². The van der Waals surface area contributed by atoms with Gasteiger partial charge in [-0.3, -0.25) is 4.90 Å². The minimum absolute atomic E-state index is 0.316. The lowest BCUT2D eigenvalue weighted by molar-refractivity contribution is -0.0732. The summed E-state index contributed by atoms with van der Waals surface area (Å²) in [6, 6.07) is 3.37. The molecule has 0 amide bonds. The molecule has 0 N–H and O–H groups in total. The molecule has 98 valence electrons. The highest BCUT2D eigenvalue weighted by molar-refractivity contribution is 5.03. The number of hydrogen-bond donors (Lipinski definition) is 0. The fourth-order valence-corrected chi connectivity index (χ4v) is 5.88. The second-order valence-electron chi connectivity index (χ2n) is 7.38. The van der Waals surface area contributed by atoms with Crippen LogP contribution in [0.15, 0.2) is 0 Å². The van der Waals surface area contributed by atoms with Crippen molar-refractivity contribution < 1.29 is 0 Å². The number of hydrogen-bond acceptors (Lipinski definition) is 2. The SMILES string of the molecule is N#CC1CCCN(C2C3CC4CC(C3)CC2C4)C1. The Balaban J connectivity index is 1.53. The van der Waals surface area contributed by atoms with Gasteiger partial charge >= 0.3 is 0 Å². The summed E-state index contributed by atoms with van der Waals surface area (Å²) in [5.74, 6) is 4.42. The Labute approximate surface area is 110 Å². The highest BCUT2D eigenvalue weighted by Crippen LogP contribution is 2.55. The zero-order valence-corrected chi connectivity index (χ0v) is 11.2. The Kier molecular flexibility index (Phi) is 2.66. The molecular weight excluding hydrogens is 220 g/mol. The van der Waals surface area contributed by atoms with Crippen LogP contribution < -0.4 is 0 Å². The molecule has 5 rings (SSSR count). The van der Waals surface area contributed by atoms with Crippen LogP contribution in [-0.2, 0) is 0 Å². The second-order valence-corrected chi connectivity index (χ2v) is 7.38. The summed E-state index contributed by atoms with van der Waals surface area (Å²) in [6.07, 6.45) is 9.95. The molecule has 0 spiro atoms. The maximum atomic E-state index is 9.18. The molecule has 0 aromatic heterocycles. The largest absolute Gasteiger partial charge is 0.299 e. The van der Waals surface area contributed by atoms with Crippen molar-refractivity contribution >= 4 is 0 Å². The summed E-state index contributed by atoms with van der Waals surface area (Å²) < 4.78 is 0. The Hall–Kier alpha value is -0.550. The van der Waals surface area contributed by atoms with Gasteiger partial charge in [0.1, 0.15) is 0 Å². The topological polar surface area (TPSA) is 27.0 Å². The van der Waals surface area contributed by atoms with Crippen LogP contribution in [0, 0.1) is 40.9 Å². The van der Waals surface area contributed by atoms with Crippen LogP contribution in [0.3, 0.4) is 0 Å². The maximum Gasteiger partial charge on any atom is 0.0669 e. The average Bonchev–Trinajstić information content (AvgIpc) is 2.38. The van der Waals surface area contributed by atoms with Crippen molar-refractivity contribution in [2.24, 2.45) is 29.6 Å². The van der Waals surface area contributed by atoms with E-state index in [-0.39, 0.29) is 0 Å². The van der Waals surface area contributed by atoms with Gasteiger partial charge in [-0.1, -0.05) is 0 Å². The maximum absolute atomic E-state index is 9.18. The van der Waals surface area contributed by atoms with Gasteiger partial charge in [0.15, 0.2) is 0 Å². The predicted octanol–water partition coefficient (Wildman–Crippen LogP) is 3.05. The monoisotopic (exact) mass is 244 g/mol. The number of rotatable bonds is 1. The lowest BCUT2D eigenvalue weighted by atomic mass is 9.53. The molecule has 4 aliphatic carbocycles. The molecule has 18 heavy (non-hydrogen) atoms. The van der Waals surface area contributed by atoms with E-state index in [0.29, 0.717) is 5.92 Å². The zero-order valence-electron chi connectivity index (χ0n) is 11.2. The number of nitriles is 1. The van der Waals surface area contributed by atoms with E-state index in [1.807, 2.05) is 0 Å². The van der Waals surface area contributed by atoms with E-state index in [1.165, 1.54) is 38.6 Å². The molecule has 2 nitrogen and oxygen atoms in total. The van der Waals surface area contributed by atoms with Crippen LogP contribution in [0.4, 0.5) is 0 Å². The molecule has 4 saturated carbocycles. The summed E-state index contributed by atoms with van der Waals surface area (Å²) in [4.78, 5) is 2.73. The predicted molar refractivity (Wildman–Crippen MR) is 70.7 cm³/mol. The van der Waals surface area contributed by atoms with E-state index >= 15 is 0 Å². The Morgan fingerprint density at radius 1 is 0.944 bits per heavy atom. The Morgan fingerprint density at radius 3 is 2.22 bits per heavy atom. The first kappa shape index (κ1) is 11.3. The van der Waals surface area contributed by atoms with Crippen LogP contribution in [0.25, 0.3) is 0 Å². The first-order valence-electron chi connectivity index (χ1n) is 7.97. The van der Waals surface area contributed by atoms with Crippen molar-refractivity contribution in [2.45, 2.75) is 51.0 Å². The van der Waals surface area contributed by atoms with Crippen LogP contribution in [-0.4, -0.2) is 24.0 Å². The first-order valence-corrected chi connectivity index (χ1v) is 7.97. The van der Waals surface area contributed by atoms with Gasteiger partial charge in [-0.05, 0) is 75.2 Å². The summed E-state index contributed by atoms with van der Waals surface area (Å²) in [6.45, 7) is 2.34. The van der Waals surface area contributed by atoms with Gasteiger partial charge in [-0.25, -0.2) is 0 Å². The Morgan fingerprint density at radius 2 is 1.61 bits per heavy atom. The lowest BCUT2D eigenvalue weighted by Gasteiger charge is -2.58. The second kappa shape index (κ2) is 4.23.